The first-order valence-corrected chi connectivity index (χ1v) is 9.90. The Kier molecular flexibility index (Phi) is 7.04. The number of halogens is 1. The molecule has 0 radical (unpaired) electrons. The van der Waals surface area contributed by atoms with Gasteiger partial charge in [0.2, 0.25) is 5.91 Å². The van der Waals surface area contributed by atoms with Gasteiger partial charge in [0.1, 0.15) is 0 Å². The van der Waals surface area contributed by atoms with E-state index >= 15 is 0 Å². The van der Waals surface area contributed by atoms with E-state index in [9.17, 15) is 14.7 Å². The fourth-order valence-corrected chi connectivity index (χ4v) is 3.44. The second kappa shape index (κ2) is 8.82. The van der Waals surface area contributed by atoms with Crippen molar-refractivity contribution in [1.82, 2.24) is 14.9 Å². The van der Waals surface area contributed by atoms with E-state index in [0.29, 0.717) is 16.1 Å². The number of aliphatic hydroxyl groups excluding tert-OH is 1. The molecule has 0 unspecified atom stereocenters. The van der Waals surface area contributed by atoms with Gasteiger partial charge in [-0.25, -0.2) is 4.98 Å². The number of benzene rings is 1. The molecular weight excluding hydrogens is 406 g/mol. The van der Waals surface area contributed by atoms with E-state index in [-0.39, 0.29) is 29.8 Å². The van der Waals surface area contributed by atoms with Crippen molar-refractivity contribution in [2.24, 2.45) is 0 Å². The maximum absolute atomic E-state index is 12.8. The Bertz CT molecular complexity index is 823. The van der Waals surface area contributed by atoms with Crippen LogP contribution >= 0.6 is 27.7 Å². The Morgan fingerprint density at radius 2 is 2.16 bits per heavy atom. The molecule has 2 aromatic rings. The molecule has 0 bridgehead atoms. The lowest BCUT2D eigenvalue weighted by atomic mass is 10.2. The van der Waals surface area contributed by atoms with Gasteiger partial charge in [0.25, 0.3) is 5.56 Å². The van der Waals surface area contributed by atoms with E-state index < -0.39 is 6.10 Å². The number of hydrogen-bond donors (Lipinski definition) is 2. The van der Waals surface area contributed by atoms with Gasteiger partial charge in [0.15, 0.2) is 5.16 Å². The van der Waals surface area contributed by atoms with Crippen LogP contribution < -0.4 is 10.9 Å². The van der Waals surface area contributed by atoms with Crippen LogP contribution in [0.2, 0.25) is 0 Å². The quantitative estimate of drug-likeness (QED) is 0.523. The zero-order chi connectivity index (χ0) is 18.6. The standard InChI is InChI=1S/C17H22BrN3O3S/c1-4-10(2)19-15(23)9-25-17-20-14-6-5-12(18)7-13(14)16(24)21(17)8-11(3)22/h5-7,10-11,22H,4,8-9H2,1-3H3,(H,19,23)/t10-,11-/m0/s1. The van der Waals surface area contributed by atoms with Gasteiger partial charge in [0.05, 0.1) is 29.3 Å². The molecule has 2 N–H and O–H groups in total. The molecule has 0 saturated heterocycles. The van der Waals surface area contributed by atoms with E-state index in [2.05, 4.69) is 26.2 Å². The Balaban J connectivity index is 2.35. The van der Waals surface area contributed by atoms with E-state index in [1.165, 1.54) is 16.3 Å². The normalized spacial score (nSPS) is 13.6. The molecule has 0 fully saturated rings. The van der Waals surface area contributed by atoms with Gasteiger partial charge in [-0.1, -0.05) is 34.6 Å². The first kappa shape index (κ1) is 19.9. The SMILES string of the molecule is CC[C@H](C)NC(=O)CSc1nc2ccc(Br)cc2c(=O)n1C[C@H](C)O. The number of carbonyl (C=O) groups is 1. The average molecular weight is 428 g/mol. The highest BCUT2D eigenvalue weighted by atomic mass is 79.9. The van der Waals surface area contributed by atoms with Gasteiger partial charge >= 0.3 is 0 Å². The summed E-state index contributed by atoms with van der Waals surface area (Å²) >= 11 is 4.56. The lowest BCUT2D eigenvalue weighted by molar-refractivity contribution is -0.119. The molecule has 0 spiro atoms. The average Bonchev–Trinajstić information content (AvgIpc) is 2.56. The predicted octanol–water partition coefficient (Wildman–Crippen LogP) is 2.55. The van der Waals surface area contributed by atoms with Crippen molar-refractivity contribution in [2.45, 2.75) is 51.0 Å². The predicted molar refractivity (Wildman–Crippen MR) is 104 cm³/mol. The van der Waals surface area contributed by atoms with E-state index in [0.717, 1.165) is 10.9 Å². The van der Waals surface area contributed by atoms with Crippen LogP contribution in [0.3, 0.4) is 0 Å². The molecule has 0 aliphatic rings. The lowest BCUT2D eigenvalue weighted by Gasteiger charge is -2.15. The van der Waals surface area contributed by atoms with Crippen molar-refractivity contribution in [3.05, 3.63) is 33.0 Å². The van der Waals surface area contributed by atoms with Gasteiger partial charge in [-0.15, -0.1) is 0 Å². The number of aromatic nitrogens is 2. The molecular formula is C17H22BrN3O3S. The van der Waals surface area contributed by atoms with Gasteiger partial charge < -0.3 is 10.4 Å². The van der Waals surface area contributed by atoms with Crippen LogP contribution in [0.15, 0.2) is 32.6 Å². The fraction of sp³-hybridized carbons (Fsp3) is 0.471. The molecule has 136 valence electrons. The number of rotatable bonds is 7. The van der Waals surface area contributed by atoms with Crippen LogP contribution in [0, 0.1) is 0 Å². The molecule has 8 heteroatoms. The largest absolute Gasteiger partial charge is 0.392 e. The summed E-state index contributed by atoms with van der Waals surface area (Å²) in [6.45, 7) is 5.69. The summed E-state index contributed by atoms with van der Waals surface area (Å²) < 4.78 is 2.22. The Labute approximate surface area is 159 Å². The summed E-state index contributed by atoms with van der Waals surface area (Å²) in [6.07, 6.45) is 0.157. The zero-order valence-electron chi connectivity index (χ0n) is 14.5. The number of hydrogen-bond acceptors (Lipinski definition) is 5. The van der Waals surface area contributed by atoms with Crippen molar-refractivity contribution in [1.29, 1.82) is 0 Å². The number of nitrogens with one attached hydrogen (secondary N) is 1. The van der Waals surface area contributed by atoms with Gasteiger partial charge in [-0.05, 0) is 38.5 Å². The number of nitrogens with zero attached hydrogens (tertiary/aromatic N) is 2. The number of aliphatic hydroxyl groups is 1. The van der Waals surface area contributed by atoms with Crippen molar-refractivity contribution in [3.63, 3.8) is 0 Å². The molecule has 2 rings (SSSR count). The number of thioether (sulfide) groups is 1. The molecule has 25 heavy (non-hydrogen) atoms. The Morgan fingerprint density at radius 1 is 1.44 bits per heavy atom. The third-order valence-corrected chi connectivity index (χ3v) is 5.15. The highest BCUT2D eigenvalue weighted by Gasteiger charge is 2.15. The van der Waals surface area contributed by atoms with Gasteiger partial charge in [0, 0.05) is 10.5 Å². The molecule has 1 amide bonds. The summed E-state index contributed by atoms with van der Waals surface area (Å²) in [5, 5.41) is 13.5. The summed E-state index contributed by atoms with van der Waals surface area (Å²) in [4.78, 5) is 29.3. The summed E-state index contributed by atoms with van der Waals surface area (Å²) in [7, 11) is 0. The van der Waals surface area contributed by atoms with Crippen LogP contribution in [0.25, 0.3) is 10.9 Å². The van der Waals surface area contributed by atoms with Crippen molar-refractivity contribution in [2.75, 3.05) is 5.75 Å². The first-order chi connectivity index (χ1) is 11.8. The van der Waals surface area contributed by atoms with Gasteiger partial charge in [-0.2, -0.15) is 0 Å². The molecule has 0 aliphatic carbocycles. The molecule has 1 heterocycles. The minimum Gasteiger partial charge on any atom is -0.392 e. The third kappa shape index (κ3) is 5.29. The fourth-order valence-electron chi connectivity index (χ4n) is 2.26. The van der Waals surface area contributed by atoms with E-state index in [1.54, 1.807) is 19.1 Å². The molecule has 0 saturated carbocycles. The summed E-state index contributed by atoms with van der Waals surface area (Å²) in [5.41, 5.74) is 0.344. The van der Waals surface area contributed by atoms with Crippen LogP contribution in [0.1, 0.15) is 27.2 Å². The molecule has 1 aromatic heterocycles. The number of amides is 1. The molecule has 0 aliphatic heterocycles. The lowest BCUT2D eigenvalue weighted by Crippen LogP contribution is -2.33. The zero-order valence-corrected chi connectivity index (χ0v) is 16.9. The second-order valence-corrected chi connectivity index (χ2v) is 7.84. The van der Waals surface area contributed by atoms with E-state index in [4.69, 9.17) is 0 Å². The smallest absolute Gasteiger partial charge is 0.262 e. The maximum Gasteiger partial charge on any atom is 0.262 e. The van der Waals surface area contributed by atoms with Crippen molar-refractivity contribution in [3.8, 4) is 0 Å². The van der Waals surface area contributed by atoms with Gasteiger partial charge in [-0.3, -0.25) is 14.2 Å². The Hall–Kier alpha value is -1.38. The van der Waals surface area contributed by atoms with Crippen LogP contribution in [-0.2, 0) is 11.3 Å². The Morgan fingerprint density at radius 3 is 2.80 bits per heavy atom. The monoisotopic (exact) mass is 427 g/mol. The topological polar surface area (TPSA) is 84.2 Å². The highest BCUT2D eigenvalue weighted by Crippen LogP contribution is 2.20. The third-order valence-electron chi connectivity index (χ3n) is 3.68. The second-order valence-electron chi connectivity index (χ2n) is 5.99. The highest BCUT2D eigenvalue weighted by molar-refractivity contribution is 9.10. The minimum atomic E-state index is -0.697. The maximum atomic E-state index is 12.8. The van der Waals surface area contributed by atoms with E-state index in [1.807, 2.05) is 19.9 Å². The summed E-state index contributed by atoms with van der Waals surface area (Å²) in [6, 6.07) is 5.40. The van der Waals surface area contributed by atoms with Crippen molar-refractivity contribution >= 4 is 44.5 Å². The molecule has 6 nitrogen and oxygen atoms in total. The summed E-state index contributed by atoms with van der Waals surface area (Å²) in [5.74, 6) is 0.0617. The van der Waals surface area contributed by atoms with Crippen LogP contribution in [0.4, 0.5) is 0 Å². The number of carbonyl (C=O) groups excluding carboxylic acids is 1. The molecule has 2 atom stereocenters. The van der Waals surface area contributed by atoms with Crippen LogP contribution in [0.5, 0.6) is 0 Å². The first-order valence-electron chi connectivity index (χ1n) is 8.12. The number of fused-ring (bicyclic) bond motifs is 1. The molecule has 1 aromatic carbocycles. The van der Waals surface area contributed by atoms with Crippen LogP contribution in [-0.4, -0.2) is 38.5 Å². The van der Waals surface area contributed by atoms with Crippen molar-refractivity contribution < 1.29 is 9.90 Å². The minimum absolute atomic E-state index is 0.104.